The lowest BCUT2D eigenvalue weighted by Gasteiger charge is -2.18. The van der Waals surface area contributed by atoms with E-state index in [0.717, 1.165) is 22.6 Å². The van der Waals surface area contributed by atoms with Crippen molar-refractivity contribution in [2.24, 2.45) is 0 Å². The maximum absolute atomic E-state index is 5.86. The monoisotopic (exact) mass is 232 g/mol. The molecule has 0 fully saturated rings. The summed E-state index contributed by atoms with van der Waals surface area (Å²) in [4.78, 5) is 2.03. The number of anilines is 2. The maximum atomic E-state index is 5.86. The third-order valence-electron chi connectivity index (χ3n) is 2.64. The number of ether oxygens (including phenoxy) is 1. The Hall–Kier alpha value is -2.17. The first-order valence-corrected chi connectivity index (χ1v) is 5.28. The molecule has 0 amide bonds. The molecule has 0 aliphatic carbocycles. The number of hydrogen-bond acceptors (Lipinski definition) is 4. The number of nitrogen functional groups attached to an aromatic ring is 1. The van der Waals surface area contributed by atoms with E-state index in [-0.39, 0.29) is 0 Å². The summed E-state index contributed by atoms with van der Waals surface area (Å²) in [6, 6.07) is 5.88. The number of methoxy groups -OCH3 is 1. The molecule has 0 atom stereocenters. The van der Waals surface area contributed by atoms with E-state index in [4.69, 9.17) is 10.5 Å². The van der Waals surface area contributed by atoms with Crippen molar-refractivity contribution in [1.82, 2.24) is 10.2 Å². The molecule has 1 aromatic carbocycles. The molecule has 0 radical (unpaired) electrons. The molecule has 0 unspecified atom stereocenters. The van der Waals surface area contributed by atoms with Crippen LogP contribution in [0, 0.1) is 0 Å². The largest absolute Gasteiger partial charge is 0.497 e. The van der Waals surface area contributed by atoms with Gasteiger partial charge in [0.25, 0.3) is 0 Å². The third-order valence-corrected chi connectivity index (χ3v) is 2.64. The highest BCUT2D eigenvalue weighted by Crippen LogP contribution is 2.35. The minimum absolute atomic E-state index is 0.557. The van der Waals surface area contributed by atoms with Crippen LogP contribution >= 0.6 is 0 Å². The van der Waals surface area contributed by atoms with E-state index in [0.29, 0.717) is 5.82 Å². The number of aromatic amines is 1. The molecule has 2 rings (SSSR count). The number of benzene rings is 1. The number of nitrogens with one attached hydrogen (secondary N) is 1. The summed E-state index contributed by atoms with van der Waals surface area (Å²) in [5.41, 5.74) is 8.81. The van der Waals surface area contributed by atoms with Crippen LogP contribution in [0.3, 0.4) is 0 Å². The molecule has 1 aromatic heterocycles. The second kappa shape index (κ2) is 4.37. The Morgan fingerprint density at radius 2 is 2.06 bits per heavy atom. The molecule has 2 aromatic rings. The molecule has 0 spiro atoms. The second-order valence-electron chi connectivity index (χ2n) is 3.97. The van der Waals surface area contributed by atoms with Gasteiger partial charge in [-0.25, -0.2) is 0 Å². The van der Waals surface area contributed by atoms with Crippen LogP contribution in [0.4, 0.5) is 11.5 Å². The molecule has 90 valence electrons. The van der Waals surface area contributed by atoms with Crippen molar-refractivity contribution >= 4 is 11.5 Å². The van der Waals surface area contributed by atoms with Crippen LogP contribution in [0.25, 0.3) is 11.1 Å². The van der Waals surface area contributed by atoms with Gasteiger partial charge in [-0.2, -0.15) is 5.10 Å². The molecule has 0 aliphatic heterocycles. The fourth-order valence-electron chi connectivity index (χ4n) is 1.76. The molecule has 0 saturated carbocycles. The van der Waals surface area contributed by atoms with Gasteiger partial charge in [0.15, 0.2) is 0 Å². The van der Waals surface area contributed by atoms with Gasteiger partial charge in [0.1, 0.15) is 11.6 Å². The SMILES string of the molecule is COc1ccc(N(C)C)c(-c2cn[nH]c2N)c1. The van der Waals surface area contributed by atoms with Crippen LogP contribution in [0.15, 0.2) is 24.4 Å². The zero-order valence-electron chi connectivity index (χ0n) is 10.2. The van der Waals surface area contributed by atoms with Crippen molar-refractivity contribution in [1.29, 1.82) is 0 Å². The molecule has 17 heavy (non-hydrogen) atoms. The topological polar surface area (TPSA) is 67.2 Å². The fraction of sp³-hybridized carbons (Fsp3) is 0.250. The van der Waals surface area contributed by atoms with E-state index in [1.54, 1.807) is 13.3 Å². The third kappa shape index (κ3) is 2.04. The summed E-state index contributed by atoms with van der Waals surface area (Å²) in [6.45, 7) is 0. The van der Waals surface area contributed by atoms with Gasteiger partial charge in [0, 0.05) is 30.9 Å². The zero-order chi connectivity index (χ0) is 12.4. The lowest BCUT2D eigenvalue weighted by atomic mass is 10.1. The zero-order valence-corrected chi connectivity index (χ0v) is 10.2. The van der Waals surface area contributed by atoms with Crippen molar-refractivity contribution in [2.75, 3.05) is 31.8 Å². The number of nitrogens with zero attached hydrogens (tertiary/aromatic N) is 2. The Balaban J connectivity index is 2.61. The smallest absolute Gasteiger partial charge is 0.126 e. The van der Waals surface area contributed by atoms with Crippen molar-refractivity contribution in [3.63, 3.8) is 0 Å². The number of H-pyrrole nitrogens is 1. The van der Waals surface area contributed by atoms with Crippen LogP contribution < -0.4 is 15.4 Å². The molecule has 5 nitrogen and oxygen atoms in total. The molecule has 0 saturated heterocycles. The molecular weight excluding hydrogens is 216 g/mol. The average molecular weight is 232 g/mol. The number of aromatic nitrogens is 2. The first kappa shape index (κ1) is 11.3. The summed E-state index contributed by atoms with van der Waals surface area (Å²) in [7, 11) is 5.62. The van der Waals surface area contributed by atoms with Gasteiger partial charge in [-0.3, -0.25) is 5.10 Å². The van der Waals surface area contributed by atoms with Gasteiger partial charge in [-0.15, -0.1) is 0 Å². The highest BCUT2D eigenvalue weighted by molar-refractivity contribution is 5.84. The second-order valence-corrected chi connectivity index (χ2v) is 3.97. The van der Waals surface area contributed by atoms with Crippen LogP contribution in [0.5, 0.6) is 5.75 Å². The Labute approximate surface area is 100 Å². The fourth-order valence-corrected chi connectivity index (χ4v) is 1.76. The summed E-state index contributed by atoms with van der Waals surface area (Å²) in [5.74, 6) is 1.35. The number of hydrogen-bond donors (Lipinski definition) is 2. The van der Waals surface area contributed by atoms with E-state index in [9.17, 15) is 0 Å². The molecule has 0 aliphatic rings. The van der Waals surface area contributed by atoms with Gasteiger partial charge < -0.3 is 15.4 Å². The lowest BCUT2D eigenvalue weighted by molar-refractivity contribution is 0.415. The van der Waals surface area contributed by atoms with Crippen molar-refractivity contribution < 1.29 is 4.74 Å². The standard InChI is InChI=1S/C12H16N4O/c1-16(2)11-5-4-8(17-3)6-9(11)10-7-14-15-12(10)13/h4-7H,1-3H3,(H3,13,14,15). The summed E-state index contributed by atoms with van der Waals surface area (Å²) >= 11 is 0. The van der Waals surface area contributed by atoms with Crippen LogP contribution in [-0.2, 0) is 0 Å². The van der Waals surface area contributed by atoms with E-state index in [1.807, 2.05) is 37.2 Å². The van der Waals surface area contributed by atoms with Crippen molar-refractivity contribution in [2.45, 2.75) is 0 Å². The Bertz CT molecular complexity index is 519. The Morgan fingerprint density at radius 3 is 2.59 bits per heavy atom. The average Bonchev–Trinajstić information content (AvgIpc) is 2.74. The lowest BCUT2D eigenvalue weighted by Crippen LogP contribution is -2.10. The highest BCUT2D eigenvalue weighted by atomic mass is 16.5. The summed E-state index contributed by atoms with van der Waals surface area (Å²) in [6.07, 6.45) is 1.72. The summed E-state index contributed by atoms with van der Waals surface area (Å²) in [5, 5.41) is 6.68. The number of nitrogens with two attached hydrogens (primary N) is 1. The van der Waals surface area contributed by atoms with Crippen LogP contribution in [0.1, 0.15) is 0 Å². The quantitative estimate of drug-likeness (QED) is 0.845. The summed E-state index contributed by atoms with van der Waals surface area (Å²) < 4.78 is 5.24. The van der Waals surface area contributed by atoms with Crippen molar-refractivity contribution in [3.8, 4) is 16.9 Å². The molecule has 0 bridgehead atoms. The Morgan fingerprint density at radius 1 is 1.29 bits per heavy atom. The first-order chi connectivity index (χ1) is 8.13. The first-order valence-electron chi connectivity index (χ1n) is 5.28. The van der Waals surface area contributed by atoms with Gasteiger partial charge in [-0.05, 0) is 18.2 Å². The maximum Gasteiger partial charge on any atom is 0.126 e. The minimum Gasteiger partial charge on any atom is -0.497 e. The van der Waals surface area contributed by atoms with E-state index < -0.39 is 0 Å². The van der Waals surface area contributed by atoms with E-state index in [1.165, 1.54) is 0 Å². The van der Waals surface area contributed by atoms with Gasteiger partial charge in [0.05, 0.1) is 13.3 Å². The molecular formula is C12H16N4O. The molecule has 5 heteroatoms. The van der Waals surface area contributed by atoms with Gasteiger partial charge in [0.2, 0.25) is 0 Å². The number of rotatable bonds is 3. The Kier molecular flexibility index (Phi) is 2.91. The van der Waals surface area contributed by atoms with E-state index in [2.05, 4.69) is 10.2 Å². The minimum atomic E-state index is 0.557. The van der Waals surface area contributed by atoms with Gasteiger partial charge in [-0.1, -0.05) is 0 Å². The van der Waals surface area contributed by atoms with Crippen LogP contribution in [0.2, 0.25) is 0 Å². The van der Waals surface area contributed by atoms with Gasteiger partial charge >= 0.3 is 0 Å². The normalized spacial score (nSPS) is 10.3. The predicted molar refractivity (Wildman–Crippen MR) is 69.3 cm³/mol. The van der Waals surface area contributed by atoms with Crippen LogP contribution in [-0.4, -0.2) is 31.4 Å². The highest BCUT2D eigenvalue weighted by Gasteiger charge is 2.12. The molecule has 3 N–H and O–H groups in total. The van der Waals surface area contributed by atoms with Crippen molar-refractivity contribution in [3.05, 3.63) is 24.4 Å². The van der Waals surface area contributed by atoms with E-state index >= 15 is 0 Å². The molecule has 1 heterocycles. The predicted octanol–water partition coefficient (Wildman–Crippen LogP) is 1.73.